The first-order chi connectivity index (χ1) is 8.34. The summed E-state index contributed by atoms with van der Waals surface area (Å²) in [4.78, 5) is 2.22. The SMILES string of the molecule is Fc1ccc(-n2cccn2)c(N2CCCC2)c1. The van der Waals surface area contributed by atoms with Crippen LogP contribution in [-0.2, 0) is 0 Å². The molecule has 0 spiro atoms. The summed E-state index contributed by atoms with van der Waals surface area (Å²) < 4.78 is 15.2. The van der Waals surface area contributed by atoms with Gasteiger partial charge in [-0.05, 0) is 37.1 Å². The Kier molecular flexibility index (Phi) is 2.55. The van der Waals surface area contributed by atoms with E-state index in [1.807, 2.05) is 12.3 Å². The summed E-state index contributed by atoms with van der Waals surface area (Å²) in [5.41, 5.74) is 1.88. The van der Waals surface area contributed by atoms with E-state index >= 15 is 0 Å². The number of aromatic nitrogens is 2. The highest BCUT2D eigenvalue weighted by Crippen LogP contribution is 2.28. The molecule has 0 atom stereocenters. The zero-order valence-corrected chi connectivity index (χ0v) is 9.51. The van der Waals surface area contributed by atoms with Crippen molar-refractivity contribution in [3.8, 4) is 5.69 Å². The monoisotopic (exact) mass is 231 g/mol. The van der Waals surface area contributed by atoms with Crippen molar-refractivity contribution in [2.75, 3.05) is 18.0 Å². The largest absolute Gasteiger partial charge is 0.370 e. The molecule has 0 amide bonds. The second kappa shape index (κ2) is 4.20. The van der Waals surface area contributed by atoms with Gasteiger partial charge in [0.2, 0.25) is 0 Å². The lowest BCUT2D eigenvalue weighted by Gasteiger charge is -2.21. The van der Waals surface area contributed by atoms with Crippen molar-refractivity contribution in [3.63, 3.8) is 0 Å². The van der Waals surface area contributed by atoms with Crippen LogP contribution in [0.2, 0.25) is 0 Å². The van der Waals surface area contributed by atoms with Gasteiger partial charge in [0.15, 0.2) is 0 Å². The average molecular weight is 231 g/mol. The molecule has 0 saturated carbocycles. The van der Waals surface area contributed by atoms with Crippen molar-refractivity contribution >= 4 is 5.69 Å². The van der Waals surface area contributed by atoms with E-state index in [1.165, 1.54) is 18.9 Å². The summed E-state index contributed by atoms with van der Waals surface area (Å²) in [7, 11) is 0. The fourth-order valence-electron chi connectivity index (χ4n) is 2.31. The maximum absolute atomic E-state index is 13.4. The lowest BCUT2D eigenvalue weighted by Crippen LogP contribution is -2.20. The van der Waals surface area contributed by atoms with E-state index in [2.05, 4.69) is 10.00 Å². The molecule has 4 heteroatoms. The summed E-state index contributed by atoms with van der Waals surface area (Å²) in [5.74, 6) is -0.192. The molecule has 1 aliphatic rings. The smallest absolute Gasteiger partial charge is 0.125 e. The van der Waals surface area contributed by atoms with Gasteiger partial charge < -0.3 is 4.90 Å². The van der Waals surface area contributed by atoms with Crippen LogP contribution < -0.4 is 4.90 Å². The fourth-order valence-corrected chi connectivity index (χ4v) is 2.31. The Morgan fingerprint density at radius 2 is 1.94 bits per heavy atom. The van der Waals surface area contributed by atoms with Crippen molar-refractivity contribution in [3.05, 3.63) is 42.5 Å². The van der Waals surface area contributed by atoms with Crippen molar-refractivity contribution in [1.82, 2.24) is 9.78 Å². The molecule has 3 rings (SSSR count). The Morgan fingerprint density at radius 1 is 1.12 bits per heavy atom. The zero-order chi connectivity index (χ0) is 11.7. The number of benzene rings is 1. The lowest BCUT2D eigenvalue weighted by atomic mass is 10.2. The van der Waals surface area contributed by atoms with Crippen LogP contribution >= 0.6 is 0 Å². The summed E-state index contributed by atoms with van der Waals surface area (Å²) in [6.07, 6.45) is 5.97. The van der Waals surface area contributed by atoms with E-state index < -0.39 is 0 Å². The van der Waals surface area contributed by atoms with Gasteiger partial charge in [-0.3, -0.25) is 0 Å². The number of hydrogen-bond donors (Lipinski definition) is 0. The highest BCUT2D eigenvalue weighted by atomic mass is 19.1. The van der Waals surface area contributed by atoms with Gasteiger partial charge in [-0.1, -0.05) is 0 Å². The van der Waals surface area contributed by atoms with Crippen molar-refractivity contribution in [1.29, 1.82) is 0 Å². The minimum atomic E-state index is -0.192. The third-order valence-corrected chi connectivity index (χ3v) is 3.14. The van der Waals surface area contributed by atoms with Crippen LogP contribution in [-0.4, -0.2) is 22.9 Å². The minimum absolute atomic E-state index is 0.192. The van der Waals surface area contributed by atoms with Crippen LogP contribution in [0.4, 0.5) is 10.1 Å². The molecule has 0 aliphatic carbocycles. The highest BCUT2D eigenvalue weighted by molar-refractivity contribution is 5.63. The molecule has 17 heavy (non-hydrogen) atoms. The summed E-state index contributed by atoms with van der Waals surface area (Å²) in [6, 6.07) is 6.74. The van der Waals surface area contributed by atoms with Gasteiger partial charge in [0.1, 0.15) is 5.82 Å². The lowest BCUT2D eigenvalue weighted by molar-refractivity contribution is 0.626. The van der Waals surface area contributed by atoms with Crippen molar-refractivity contribution < 1.29 is 4.39 Å². The van der Waals surface area contributed by atoms with Crippen LogP contribution in [0.3, 0.4) is 0 Å². The third kappa shape index (κ3) is 1.90. The van der Waals surface area contributed by atoms with Crippen LogP contribution in [0.25, 0.3) is 5.69 Å². The Labute approximate surface area is 99.5 Å². The molecule has 0 unspecified atom stereocenters. The van der Waals surface area contributed by atoms with E-state index in [-0.39, 0.29) is 5.82 Å². The average Bonchev–Trinajstić information content (AvgIpc) is 3.02. The second-order valence-corrected chi connectivity index (χ2v) is 4.28. The van der Waals surface area contributed by atoms with Gasteiger partial charge in [-0.25, -0.2) is 9.07 Å². The predicted octanol–water partition coefficient (Wildman–Crippen LogP) is 2.61. The maximum Gasteiger partial charge on any atom is 0.125 e. The first kappa shape index (κ1) is 10.3. The van der Waals surface area contributed by atoms with E-state index in [9.17, 15) is 4.39 Å². The molecule has 88 valence electrons. The third-order valence-electron chi connectivity index (χ3n) is 3.14. The molecule has 2 aromatic rings. The van der Waals surface area contributed by atoms with Gasteiger partial charge in [0.05, 0.1) is 11.4 Å². The molecule has 1 aromatic heterocycles. The summed E-state index contributed by atoms with van der Waals surface area (Å²) >= 11 is 0. The Hall–Kier alpha value is -1.84. The van der Waals surface area contributed by atoms with Crippen LogP contribution in [0.1, 0.15) is 12.8 Å². The van der Waals surface area contributed by atoms with Crippen molar-refractivity contribution in [2.24, 2.45) is 0 Å². The quantitative estimate of drug-likeness (QED) is 0.792. The zero-order valence-electron chi connectivity index (χ0n) is 9.51. The van der Waals surface area contributed by atoms with Crippen LogP contribution in [0, 0.1) is 5.82 Å². The van der Waals surface area contributed by atoms with Crippen molar-refractivity contribution in [2.45, 2.75) is 12.8 Å². The second-order valence-electron chi connectivity index (χ2n) is 4.28. The van der Waals surface area contributed by atoms with Crippen LogP contribution in [0.5, 0.6) is 0 Å². The van der Waals surface area contributed by atoms with Gasteiger partial charge >= 0.3 is 0 Å². The molecule has 0 N–H and O–H groups in total. The standard InChI is InChI=1S/C13H14FN3/c14-11-4-5-12(17-9-3-6-15-17)13(10-11)16-7-1-2-8-16/h3-6,9-10H,1-2,7-8H2. The Morgan fingerprint density at radius 3 is 2.65 bits per heavy atom. The van der Waals surface area contributed by atoms with Crippen LogP contribution in [0.15, 0.2) is 36.7 Å². The molecule has 1 aliphatic heterocycles. The van der Waals surface area contributed by atoms with Gasteiger partial charge in [-0.2, -0.15) is 5.10 Å². The maximum atomic E-state index is 13.4. The Balaban J connectivity index is 2.07. The van der Waals surface area contributed by atoms with E-state index in [4.69, 9.17) is 0 Å². The fraction of sp³-hybridized carbons (Fsp3) is 0.308. The van der Waals surface area contributed by atoms with Gasteiger partial charge in [0, 0.05) is 25.5 Å². The molecular weight excluding hydrogens is 217 g/mol. The first-order valence-corrected chi connectivity index (χ1v) is 5.89. The molecule has 1 aromatic carbocycles. The predicted molar refractivity (Wildman–Crippen MR) is 65.0 cm³/mol. The number of hydrogen-bond acceptors (Lipinski definition) is 2. The molecular formula is C13H14FN3. The summed E-state index contributed by atoms with van der Waals surface area (Å²) in [5, 5.41) is 4.22. The Bertz CT molecular complexity index is 501. The number of rotatable bonds is 2. The first-order valence-electron chi connectivity index (χ1n) is 5.89. The minimum Gasteiger partial charge on any atom is -0.370 e. The molecule has 3 nitrogen and oxygen atoms in total. The summed E-state index contributed by atoms with van der Waals surface area (Å²) in [6.45, 7) is 2.00. The topological polar surface area (TPSA) is 21.1 Å². The highest BCUT2D eigenvalue weighted by Gasteiger charge is 2.17. The molecule has 1 saturated heterocycles. The van der Waals surface area contributed by atoms with E-state index in [0.717, 1.165) is 24.5 Å². The van der Waals surface area contributed by atoms with E-state index in [0.29, 0.717) is 0 Å². The molecule has 0 radical (unpaired) electrons. The molecule has 2 heterocycles. The normalized spacial score (nSPS) is 15.5. The molecule has 1 fully saturated rings. The molecule has 0 bridgehead atoms. The number of nitrogens with zero attached hydrogens (tertiary/aromatic N) is 3. The van der Waals surface area contributed by atoms with Gasteiger partial charge in [-0.15, -0.1) is 0 Å². The number of halogens is 1. The number of anilines is 1. The van der Waals surface area contributed by atoms with E-state index in [1.54, 1.807) is 23.0 Å². The van der Waals surface area contributed by atoms with Gasteiger partial charge in [0.25, 0.3) is 0 Å².